The molecule has 2 N–H and O–H groups in total. The molecule has 0 aromatic heterocycles. The van der Waals surface area contributed by atoms with Crippen LogP contribution in [0.3, 0.4) is 0 Å². The summed E-state index contributed by atoms with van der Waals surface area (Å²) in [6.45, 7) is 4.09. The molecule has 2 heterocycles. The molecular weight excluding hydrogens is 334 g/mol. The predicted molar refractivity (Wildman–Crippen MR) is 99.1 cm³/mol. The molecule has 2 saturated heterocycles. The van der Waals surface area contributed by atoms with Gasteiger partial charge in [0.25, 0.3) is 0 Å². The van der Waals surface area contributed by atoms with Crippen molar-refractivity contribution in [2.45, 2.75) is 37.9 Å². The summed E-state index contributed by atoms with van der Waals surface area (Å²) in [6.07, 6.45) is 3.00. The Morgan fingerprint density at radius 1 is 1.27 bits per heavy atom. The molecule has 1 aromatic carbocycles. The van der Waals surface area contributed by atoms with Crippen molar-refractivity contribution in [1.29, 1.82) is 0 Å². The van der Waals surface area contributed by atoms with Gasteiger partial charge in [-0.2, -0.15) is 0 Å². The van der Waals surface area contributed by atoms with Crippen LogP contribution in [0.25, 0.3) is 0 Å². The maximum Gasteiger partial charge on any atom is 0.238 e. The van der Waals surface area contributed by atoms with Gasteiger partial charge in [0.15, 0.2) is 0 Å². The van der Waals surface area contributed by atoms with Crippen LogP contribution in [0.5, 0.6) is 0 Å². The SMILES string of the molecule is CO[C@H]1CCN(CC(=O)Nc2ccc(NC(C)=O)cc2)C[C@@]12CCCO2. The summed E-state index contributed by atoms with van der Waals surface area (Å²) in [7, 11) is 1.74. The summed E-state index contributed by atoms with van der Waals surface area (Å²) in [4.78, 5) is 25.6. The van der Waals surface area contributed by atoms with E-state index in [0.29, 0.717) is 17.9 Å². The molecule has 26 heavy (non-hydrogen) atoms. The molecule has 0 bridgehead atoms. The minimum absolute atomic E-state index is 0.0544. The highest BCUT2D eigenvalue weighted by molar-refractivity contribution is 5.93. The van der Waals surface area contributed by atoms with Crippen LogP contribution in [0, 0.1) is 0 Å². The maximum atomic E-state index is 12.4. The standard InChI is InChI=1S/C19H27N3O4/c1-14(23)20-15-4-6-16(7-5-15)21-18(24)12-22-10-8-17(25-2)19(13-22)9-3-11-26-19/h4-7,17H,3,8-13H2,1-2H3,(H,20,23)(H,21,24)/t17-,19-/m0/s1. The monoisotopic (exact) mass is 361 g/mol. The van der Waals surface area contributed by atoms with Crippen molar-refractivity contribution in [2.24, 2.45) is 0 Å². The third kappa shape index (κ3) is 4.41. The summed E-state index contributed by atoms with van der Waals surface area (Å²) in [5, 5.41) is 5.61. The summed E-state index contributed by atoms with van der Waals surface area (Å²) in [6, 6.07) is 7.09. The van der Waals surface area contributed by atoms with E-state index in [-0.39, 0.29) is 23.5 Å². The van der Waals surface area contributed by atoms with Gasteiger partial charge in [0, 0.05) is 45.1 Å². The topological polar surface area (TPSA) is 79.9 Å². The molecule has 2 aliphatic rings. The number of benzene rings is 1. The summed E-state index contributed by atoms with van der Waals surface area (Å²) in [5.41, 5.74) is 1.15. The Bertz CT molecular complexity index is 641. The van der Waals surface area contributed by atoms with E-state index in [9.17, 15) is 9.59 Å². The lowest BCUT2D eigenvalue weighted by molar-refractivity contribution is -0.146. The zero-order valence-corrected chi connectivity index (χ0v) is 15.4. The number of hydrogen-bond acceptors (Lipinski definition) is 5. The molecule has 2 atom stereocenters. The van der Waals surface area contributed by atoms with Gasteiger partial charge in [0.1, 0.15) is 5.60 Å². The normalized spacial score (nSPS) is 26.0. The maximum absolute atomic E-state index is 12.4. The number of carbonyl (C=O) groups is 2. The number of piperidine rings is 1. The minimum Gasteiger partial charge on any atom is -0.378 e. The van der Waals surface area contributed by atoms with Crippen LogP contribution in [0.2, 0.25) is 0 Å². The van der Waals surface area contributed by atoms with Crippen molar-refractivity contribution in [2.75, 3.05) is 44.0 Å². The first-order valence-electron chi connectivity index (χ1n) is 9.07. The average molecular weight is 361 g/mol. The molecule has 0 aliphatic carbocycles. The number of hydrogen-bond donors (Lipinski definition) is 2. The van der Waals surface area contributed by atoms with Crippen LogP contribution in [0.1, 0.15) is 26.2 Å². The number of amides is 2. The largest absolute Gasteiger partial charge is 0.378 e. The molecule has 0 unspecified atom stereocenters. The molecule has 2 aliphatic heterocycles. The number of anilines is 2. The van der Waals surface area contributed by atoms with Gasteiger partial charge in [-0.05, 0) is 43.5 Å². The Morgan fingerprint density at radius 3 is 2.54 bits per heavy atom. The van der Waals surface area contributed by atoms with Gasteiger partial charge < -0.3 is 20.1 Å². The van der Waals surface area contributed by atoms with Gasteiger partial charge in [-0.3, -0.25) is 14.5 Å². The van der Waals surface area contributed by atoms with Crippen molar-refractivity contribution in [3.05, 3.63) is 24.3 Å². The van der Waals surface area contributed by atoms with Crippen molar-refractivity contribution < 1.29 is 19.1 Å². The van der Waals surface area contributed by atoms with Crippen molar-refractivity contribution in [1.82, 2.24) is 4.90 Å². The number of methoxy groups -OCH3 is 1. The van der Waals surface area contributed by atoms with E-state index in [0.717, 1.165) is 39.0 Å². The second kappa shape index (κ2) is 8.16. The van der Waals surface area contributed by atoms with E-state index in [1.807, 2.05) is 0 Å². The van der Waals surface area contributed by atoms with Crippen LogP contribution < -0.4 is 10.6 Å². The highest BCUT2D eigenvalue weighted by atomic mass is 16.6. The minimum atomic E-state index is -0.271. The van der Waals surface area contributed by atoms with E-state index < -0.39 is 0 Å². The highest BCUT2D eigenvalue weighted by Crippen LogP contribution is 2.36. The Hall–Kier alpha value is -1.96. The smallest absolute Gasteiger partial charge is 0.238 e. The fourth-order valence-corrected chi connectivity index (χ4v) is 3.93. The third-order valence-corrected chi connectivity index (χ3v) is 5.06. The molecule has 2 amide bonds. The molecule has 0 radical (unpaired) electrons. The second-order valence-electron chi connectivity index (χ2n) is 7.05. The molecule has 1 spiro atoms. The summed E-state index contributed by atoms with van der Waals surface area (Å²) >= 11 is 0. The molecule has 7 nitrogen and oxygen atoms in total. The third-order valence-electron chi connectivity index (χ3n) is 5.06. The van der Waals surface area contributed by atoms with Crippen LogP contribution in [0.15, 0.2) is 24.3 Å². The quantitative estimate of drug-likeness (QED) is 0.837. The molecule has 7 heteroatoms. The van der Waals surface area contributed by atoms with Crippen LogP contribution in [0.4, 0.5) is 11.4 Å². The molecule has 1 aromatic rings. The molecular formula is C19H27N3O4. The Labute approximate surface area is 154 Å². The summed E-state index contributed by atoms with van der Waals surface area (Å²) in [5.74, 6) is -0.175. The van der Waals surface area contributed by atoms with E-state index in [2.05, 4.69) is 15.5 Å². The first-order valence-corrected chi connectivity index (χ1v) is 9.07. The number of likely N-dealkylation sites (tertiary alicyclic amines) is 1. The van der Waals surface area contributed by atoms with E-state index in [1.165, 1.54) is 6.92 Å². The van der Waals surface area contributed by atoms with Gasteiger partial charge in [-0.15, -0.1) is 0 Å². The lowest BCUT2D eigenvalue weighted by Crippen LogP contribution is -2.58. The number of rotatable bonds is 5. The highest BCUT2D eigenvalue weighted by Gasteiger charge is 2.47. The van der Waals surface area contributed by atoms with E-state index in [1.54, 1.807) is 31.4 Å². The molecule has 0 saturated carbocycles. The second-order valence-corrected chi connectivity index (χ2v) is 7.05. The zero-order chi connectivity index (χ0) is 18.6. The fraction of sp³-hybridized carbons (Fsp3) is 0.579. The zero-order valence-electron chi connectivity index (χ0n) is 15.4. The van der Waals surface area contributed by atoms with E-state index >= 15 is 0 Å². The average Bonchev–Trinajstić information content (AvgIpc) is 3.05. The molecule has 142 valence electrons. The Kier molecular flexibility index (Phi) is 5.90. The number of nitrogens with one attached hydrogen (secondary N) is 2. The van der Waals surface area contributed by atoms with Crippen molar-refractivity contribution in [3.8, 4) is 0 Å². The number of nitrogens with zero attached hydrogens (tertiary/aromatic N) is 1. The van der Waals surface area contributed by atoms with Gasteiger partial charge >= 0.3 is 0 Å². The van der Waals surface area contributed by atoms with Crippen LogP contribution in [-0.2, 0) is 19.1 Å². The van der Waals surface area contributed by atoms with Crippen molar-refractivity contribution in [3.63, 3.8) is 0 Å². The van der Waals surface area contributed by atoms with Gasteiger partial charge in [0.05, 0.1) is 12.6 Å². The van der Waals surface area contributed by atoms with Crippen molar-refractivity contribution >= 4 is 23.2 Å². The van der Waals surface area contributed by atoms with Crippen LogP contribution >= 0.6 is 0 Å². The molecule has 3 rings (SSSR count). The van der Waals surface area contributed by atoms with Gasteiger partial charge in [-0.1, -0.05) is 0 Å². The fourth-order valence-electron chi connectivity index (χ4n) is 3.93. The van der Waals surface area contributed by atoms with Gasteiger partial charge in [0.2, 0.25) is 11.8 Å². The predicted octanol–water partition coefficient (Wildman–Crippen LogP) is 1.85. The first kappa shape index (κ1) is 18.8. The lowest BCUT2D eigenvalue weighted by Gasteiger charge is -2.44. The van der Waals surface area contributed by atoms with Gasteiger partial charge in [-0.25, -0.2) is 0 Å². The lowest BCUT2D eigenvalue weighted by atomic mass is 9.87. The summed E-state index contributed by atoms with van der Waals surface area (Å²) < 4.78 is 11.7. The number of carbonyl (C=O) groups excluding carboxylic acids is 2. The van der Waals surface area contributed by atoms with E-state index in [4.69, 9.17) is 9.47 Å². The molecule has 2 fully saturated rings. The first-order chi connectivity index (χ1) is 12.5. The van der Waals surface area contributed by atoms with Crippen LogP contribution in [-0.4, -0.2) is 61.8 Å². The number of ether oxygens (including phenoxy) is 2. The Morgan fingerprint density at radius 2 is 1.96 bits per heavy atom. The Balaban J connectivity index is 1.54.